The summed E-state index contributed by atoms with van der Waals surface area (Å²) in [5.74, 6) is 0.152. The van der Waals surface area contributed by atoms with E-state index in [0.29, 0.717) is 36.0 Å². The number of para-hydroxylation sites is 1. The highest BCUT2D eigenvalue weighted by Gasteiger charge is 2.40. The molecule has 4 aromatic rings. The normalized spacial score (nSPS) is 16.7. The molecule has 5 rings (SSSR count). The van der Waals surface area contributed by atoms with E-state index in [1.165, 1.54) is 16.4 Å². The van der Waals surface area contributed by atoms with E-state index in [1.807, 2.05) is 0 Å². The molecule has 1 saturated heterocycles. The van der Waals surface area contributed by atoms with Gasteiger partial charge < -0.3 is 9.15 Å². The molecule has 0 spiro atoms. The molecular formula is C27H23F3N2O5S. The Morgan fingerprint density at radius 2 is 1.82 bits per heavy atom. The predicted octanol–water partition coefficient (Wildman–Crippen LogP) is 5.99. The molecule has 2 aromatic heterocycles. The lowest BCUT2D eigenvalue weighted by molar-refractivity contribution is -0.141. The number of pyridine rings is 1. The minimum atomic E-state index is -4.57. The van der Waals surface area contributed by atoms with Gasteiger partial charge in [0.05, 0.1) is 6.04 Å². The number of aryl methyl sites for hydroxylation is 1. The zero-order valence-electron chi connectivity index (χ0n) is 20.0. The van der Waals surface area contributed by atoms with Crippen LogP contribution in [0.4, 0.5) is 13.2 Å². The smallest absolute Gasteiger partial charge is 0.433 e. The number of hydrogen-bond donors (Lipinski definition) is 0. The fourth-order valence-corrected chi connectivity index (χ4v) is 6.10. The summed E-state index contributed by atoms with van der Waals surface area (Å²) in [6.45, 7) is 0.243. The van der Waals surface area contributed by atoms with E-state index in [1.54, 1.807) is 48.5 Å². The number of benzene rings is 2. The lowest BCUT2D eigenvalue weighted by atomic mass is 10.0. The summed E-state index contributed by atoms with van der Waals surface area (Å²) in [5.41, 5.74) is 0.222. The number of alkyl halides is 3. The van der Waals surface area contributed by atoms with Gasteiger partial charge in [0.1, 0.15) is 22.8 Å². The van der Waals surface area contributed by atoms with Crippen molar-refractivity contribution >= 4 is 26.8 Å². The van der Waals surface area contributed by atoms with E-state index in [2.05, 4.69) is 4.98 Å². The van der Waals surface area contributed by atoms with Crippen molar-refractivity contribution in [2.45, 2.75) is 43.0 Å². The molecule has 0 amide bonds. The van der Waals surface area contributed by atoms with Gasteiger partial charge in [0.15, 0.2) is 5.78 Å². The van der Waals surface area contributed by atoms with Gasteiger partial charge in [0.25, 0.3) is 10.0 Å². The number of carbonyl (C=O) groups excluding carboxylic acids is 1. The van der Waals surface area contributed by atoms with Gasteiger partial charge >= 0.3 is 6.18 Å². The van der Waals surface area contributed by atoms with Crippen molar-refractivity contribution in [3.8, 4) is 11.5 Å². The third kappa shape index (κ3) is 5.44. The molecule has 0 bridgehead atoms. The minimum Gasteiger partial charge on any atom is -0.457 e. The van der Waals surface area contributed by atoms with E-state index in [9.17, 15) is 26.4 Å². The van der Waals surface area contributed by atoms with E-state index < -0.39 is 27.9 Å². The van der Waals surface area contributed by atoms with E-state index in [4.69, 9.17) is 9.15 Å². The number of carbonyl (C=O) groups is 1. The van der Waals surface area contributed by atoms with Crippen LogP contribution in [0, 0.1) is 0 Å². The van der Waals surface area contributed by atoms with E-state index in [0.717, 1.165) is 17.8 Å². The summed E-state index contributed by atoms with van der Waals surface area (Å²) >= 11 is 0. The van der Waals surface area contributed by atoms with Crippen LogP contribution in [0.1, 0.15) is 30.5 Å². The summed E-state index contributed by atoms with van der Waals surface area (Å²) in [4.78, 5) is 16.3. The second-order valence-corrected chi connectivity index (χ2v) is 10.8. The molecule has 38 heavy (non-hydrogen) atoms. The number of halogens is 3. The molecule has 0 saturated carbocycles. The molecule has 1 aliphatic rings. The maximum Gasteiger partial charge on any atom is 0.433 e. The molecular weight excluding hydrogens is 521 g/mol. The second kappa shape index (κ2) is 10.2. The number of ether oxygens (including phenoxy) is 1. The third-order valence-corrected chi connectivity index (χ3v) is 8.15. The van der Waals surface area contributed by atoms with Crippen molar-refractivity contribution in [1.82, 2.24) is 9.29 Å². The Bertz CT molecular complexity index is 1530. The SMILES string of the molecule is O=C(CCc1ccc(Oc2ccnc(C(F)(F)F)c2)cc1)[C@@H]1CCCN1S(=O)(=O)c1cc2ccccc2o1. The van der Waals surface area contributed by atoms with Crippen LogP contribution in [-0.2, 0) is 27.4 Å². The lowest BCUT2D eigenvalue weighted by Crippen LogP contribution is -2.40. The quantitative estimate of drug-likeness (QED) is 0.271. The number of ketones is 1. The van der Waals surface area contributed by atoms with Gasteiger partial charge in [-0.3, -0.25) is 9.78 Å². The van der Waals surface area contributed by atoms with E-state index in [-0.39, 0.29) is 29.6 Å². The van der Waals surface area contributed by atoms with Crippen molar-refractivity contribution < 1.29 is 35.5 Å². The maximum absolute atomic E-state index is 13.3. The Labute approximate surface area is 216 Å². The van der Waals surface area contributed by atoms with Crippen molar-refractivity contribution in [2.24, 2.45) is 0 Å². The number of hydrogen-bond acceptors (Lipinski definition) is 6. The molecule has 0 N–H and O–H groups in total. The molecule has 1 fully saturated rings. The summed E-state index contributed by atoms with van der Waals surface area (Å²) in [5, 5.41) is 0.496. The molecule has 7 nitrogen and oxygen atoms in total. The van der Waals surface area contributed by atoms with Crippen LogP contribution in [-0.4, -0.2) is 36.1 Å². The first-order chi connectivity index (χ1) is 18.1. The van der Waals surface area contributed by atoms with Gasteiger partial charge in [-0.2, -0.15) is 17.5 Å². The Kier molecular flexibility index (Phi) is 6.97. The third-order valence-electron chi connectivity index (χ3n) is 6.38. The van der Waals surface area contributed by atoms with Crippen LogP contribution in [0.3, 0.4) is 0 Å². The van der Waals surface area contributed by atoms with Crippen LogP contribution in [0.25, 0.3) is 11.0 Å². The number of sulfonamides is 1. The molecule has 0 radical (unpaired) electrons. The van der Waals surface area contributed by atoms with Crippen LogP contribution in [0.2, 0.25) is 0 Å². The highest BCUT2D eigenvalue weighted by molar-refractivity contribution is 7.89. The number of Topliss-reactive ketones (excluding diaryl/α,β-unsaturated/α-hetero) is 1. The standard InChI is InChI=1S/C27H23F3N2O5S/c28-27(29,30)25-17-21(13-14-31-25)36-20-10-7-18(8-11-20)9-12-23(33)22-5-3-15-32(22)38(34,35)26-16-19-4-1-2-6-24(19)37-26/h1-2,4,6-8,10-11,13-14,16-17,22H,3,5,9,12,15H2/t22-/m0/s1. The Morgan fingerprint density at radius 3 is 2.55 bits per heavy atom. The van der Waals surface area contributed by atoms with Gasteiger partial charge in [-0.1, -0.05) is 30.3 Å². The summed E-state index contributed by atoms with van der Waals surface area (Å²) < 4.78 is 77.4. The number of furan rings is 1. The first-order valence-corrected chi connectivity index (χ1v) is 13.4. The average Bonchev–Trinajstić information content (AvgIpc) is 3.56. The van der Waals surface area contributed by atoms with Crippen LogP contribution in [0.15, 0.2) is 82.4 Å². The van der Waals surface area contributed by atoms with Crippen molar-refractivity contribution in [3.63, 3.8) is 0 Å². The Hall–Kier alpha value is -3.70. The van der Waals surface area contributed by atoms with Crippen LogP contribution >= 0.6 is 0 Å². The highest BCUT2D eigenvalue weighted by atomic mass is 32.2. The molecule has 2 aromatic carbocycles. The molecule has 0 aliphatic carbocycles. The molecule has 3 heterocycles. The molecule has 198 valence electrons. The molecule has 0 unspecified atom stereocenters. The number of rotatable bonds is 8. The summed E-state index contributed by atoms with van der Waals surface area (Å²) in [6, 6.07) is 16.5. The van der Waals surface area contributed by atoms with E-state index >= 15 is 0 Å². The van der Waals surface area contributed by atoms with Crippen LogP contribution < -0.4 is 4.74 Å². The predicted molar refractivity (Wildman–Crippen MR) is 132 cm³/mol. The number of aromatic nitrogens is 1. The Balaban J connectivity index is 1.21. The molecule has 1 atom stereocenters. The molecule has 11 heteroatoms. The Morgan fingerprint density at radius 1 is 1.05 bits per heavy atom. The largest absolute Gasteiger partial charge is 0.457 e. The summed E-state index contributed by atoms with van der Waals surface area (Å²) in [6.07, 6.45) is -2.02. The van der Waals surface area contributed by atoms with Gasteiger partial charge in [-0.25, -0.2) is 8.42 Å². The van der Waals surface area contributed by atoms with Crippen molar-refractivity contribution in [1.29, 1.82) is 0 Å². The maximum atomic E-state index is 13.3. The number of fused-ring (bicyclic) bond motifs is 1. The monoisotopic (exact) mass is 544 g/mol. The van der Waals surface area contributed by atoms with Gasteiger partial charge in [0, 0.05) is 36.7 Å². The minimum absolute atomic E-state index is 0.00207. The first-order valence-electron chi connectivity index (χ1n) is 11.9. The van der Waals surface area contributed by atoms with Gasteiger partial charge in [0.2, 0.25) is 5.09 Å². The average molecular weight is 545 g/mol. The fourth-order valence-electron chi connectivity index (χ4n) is 4.47. The fraction of sp³-hybridized carbons (Fsp3) is 0.259. The zero-order chi connectivity index (χ0) is 26.9. The van der Waals surface area contributed by atoms with Gasteiger partial charge in [-0.15, -0.1) is 0 Å². The summed E-state index contributed by atoms with van der Waals surface area (Å²) in [7, 11) is -3.97. The van der Waals surface area contributed by atoms with Gasteiger partial charge in [-0.05, 0) is 49.1 Å². The molecule has 1 aliphatic heterocycles. The second-order valence-electron chi connectivity index (χ2n) is 8.96. The zero-order valence-corrected chi connectivity index (χ0v) is 20.8. The van der Waals surface area contributed by atoms with Crippen molar-refractivity contribution in [3.05, 3.63) is 84.2 Å². The highest BCUT2D eigenvalue weighted by Crippen LogP contribution is 2.32. The van der Waals surface area contributed by atoms with Crippen molar-refractivity contribution in [2.75, 3.05) is 6.54 Å². The first kappa shape index (κ1) is 25.9. The lowest BCUT2D eigenvalue weighted by Gasteiger charge is -2.21. The topological polar surface area (TPSA) is 89.7 Å². The number of nitrogens with zero attached hydrogens (tertiary/aromatic N) is 2. The van der Waals surface area contributed by atoms with Crippen LogP contribution in [0.5, 0.6) is 11.5 Å².